The van der Waals surface area contributed by atoms with E-state index in [-0.39, 0.29) is 6.61 Å². The standard InChI is InChI=1S/C24H36N4O2S/c1-3-25-24(27-16-21(29)18-30-17-19-9-5-4-6-10-19)26-15-20-11-7-13-28(2)23(20)22-12-8-14-31-22/h4-6,8-10,12,14,20-21,23,29H,3,7,11,13,15-18H2,1-2H3,(H2,25,26,27). The van der Waals surface area contributed by atoms with Gasteiger partial charge in [-0.15, -0.1) is 11.3 Å². The Morgan fingerprint density at radius 2 is 2.10 bits per heavy atom. The lowest BCUT2D eigenvalue weighted by Gasteiger charge is -2.39. The SMILES string of the molecule is CCNC(=NCC(O)COCc1ccccc1)NCC1CCCN(C)C1c1cccs1. The van der Waals surface area contributed by atoms with Crippen LogP contribution in [-0.2, 0) is 11.3 Å². The summed E-state index contributed by atoms with van der Waals surface area (Å²) >= 11 is 1.84. The first kappa shape index (κ1) is 23.7. The van der Waals surface area contributed by atoms with E-state index in [1.807, 2.05) is 41.7 Å². The zero-order valence-electron chi connectivity index (χ0n) is 18.7. The molecule has 6 nitrogen and oxygen atoms in total. The first-order chi connectivity index (χ1) is 15.2. The molecule has 0 amide bonds. The molecule has 3 N–H and O–H groups in total. The summed E-state index contributed by atoms with van der Waals surface area (Å²) in [4.78, 5) is 8.49. The number of rotatable bonds is 10. The Morgan fingerprint density at radius 1 is 1.26 bits per heavy atom. The van der Waals surface area contributed by atoms with Crippen molar-refractivity contribution < 1.29 is 9.84 Å². The van der Waals surface area contributed by atoms with E-state index < -0.39 is 6.10 Å². The molecule has 1 aliphatic rings. The topological polar surface area (TPSA) is 69.1 Å². The predicted molar refractivity (Wildman–Crippen MR) is 129 cm³/mol. The summed E-state index contributed by atoms with van der Waals surface area (Å²) in [7, 11) is 2.22. The molecule has 3 atom stereocenters. The van der Waals surface area contributed by atoms with Crippen LogP contribution in [-0.4, -0.2) is 61.9 Å². The molecule has 1 aliphatic heterocycles. The molecule has 0 bridgehead atoms. The molecule has 3 unspecified atom stereocenters. The highest BCUT2D eigenvalue weighted by Gasteiger charge is 2.31. The summed E-state index contributed by atoms with van der Waals surface area (Å²) in [5.41, 5.74) is 1.10. The van der Waals surface area contributed by atoms with Gasteiger partial charge in [-0.25, -0.2) is 0 Å². The van der Waals surface area contributed by atoms with Gasteiger partial charge >= 0.3 is 0 Å². The van der Waals surface area contributed by atoms with E-state index in [1.165, 1.54) is 17.7 Å². The van der Waals surface area contributed by atoms with Gasteiger partial charge in [-0.3, -0.25) is 9.89 Å². The van der Waals surface area contributed by atoms with Crippen molar-refractivity contribution in [1.82, 2.24) is 15.5 Å². The van der Waals surface area contributed by atoms with Gasteiger partial charge in [-0.2, -0.15) is 0 Å². The number of aliphatic imine (C=N–C) groups is 1. The summed E-state index contributed by atoms with van der Waals surface area (Å²) in [6.45, 7) is 5.92. The number of thiophene rings is 1. The predicted octanol–water partition coefficient (Wildman–Crippen LogP) is 3.26. The maximum Gasteiger partial charge on any atom is 0.191 e. The van der Waals surface area contributed by atoms with Crippen molar-refractivity contribution in [2.24, 2.45) is 10.9 Å². The Labute approximate surface area is 190 Å². The number of aliphatic hydroxyl groups is 1. The number of likely N-dealkylation sites (tertiary alicyclic amines) is 1. The van der Waals surface area contributed by atoms with Crippen LogP contribution >= 0.6 is 11.3 Å². The van der Waals surface area contributed by atoms with E-state index >= 15 is 0 Å². The van der Waals surface area contributed by atoms with Gasteiger partial charge in [-0.05, 0) is 56.3 Å². The molecule has 1 aromatic carbocycles. The Hall–Kier alpha value is -1.93. The van der Waals surface area contributed by atoms with Crippen molar-refractivity contribution in [2.45, 2.75) is 38.5 Å². The fourth-order valence-electron chi connectivity index (χ4n) is 4.09. The number of nitrogens with one attached hydrogen (secondary N) is 2. The minimum absolute atomic E-state index is 0.270. The Kier molecular flexibility index (Phi) is 9.81. The molecule has 170 valence electrons. The second-order valence-corrected chi connectivity index (χ2v) is 9.08. The number of piperidine rings is 1. The van der Waals surface area contributed by atoms with Crippen molar-refractivity contribution in [3.63, 3.8) is 0 Å². The van der Waals surface area contributed by atoms with Gasteiger partial charge in [0.15, 0.2) is 5.96 Å². The molecule has 1 aromatic heterocycles. The number of aliphatic hydroxyl groups excluding tert-OH is 1. The number of hydrogen-bond donors (Lipinski definition) is 3. The number of nitrogens with zero attached hydrogens (tertiary/aromatic N) is 2. The van der Waals surface area contributed by atoms with E-state index in [2.05, 4.69) is 52.0 Å². The van der Waals surface area contributed by atoms with Gasteiger partial charge < -0.3 is 20.5 Å². The minimum atomic E-state index is -0.626. The van der Waals surface area contributed by atoms with Crippen LogP contribution in [0.15, 0.2) is 52.8 Å². The minimum Gasteiger partial charge on any atom is -0.389 e. The molecule has 0 radical (unpaired) electrons. The molecule has 0 spiro atoms. The van der Waals surface area contributed by atoms with Crippen LogP contribution in [0.2, 0.25) is 0 Å². The van der Waals surface area contributed by atoms with Crippen LogP contribution in [0.1, 0.15) is 36.2 Å². The zero-order chi connectivity index (χ0) is 21.9. The monoisotopic (exact) mass is 444 g/mol. The van der Waals surface area contributed by atoms with E-state index in [4.69, 9.17) is 4.74 Å². The third-order valence-corrected chi connectivity index (χ3v) is 6.54. The summed E-state index contributed by atoms with van der Waals surface area (Å²) < 4.78 is 5.63. The zero-order valence-corrected chi connectivity index (χ0v) is 19.5. The van der Waals surface area contributed by atoms with E-state index in [1.54, 1.807) is 0 Å². The quantitative estimate of drug-likeness (QED) is 0.388. The van der Waals surface area contributed by atoms with E-state index in [0.29, 0.717) is 25.1 Å². The van der Waals surface area contributed by atoms with Gasteiger partial charge in [0, 0.05) is 24.0 Å². The van der Waals surface area contributed by atoms with Crippen LogP contribution in [0.5, 0.6) is 0 Å². The number of benzene rings is 1. The normalized spacial score (nSPS) is 21.1. The molecule has 0 saturated carbocycles. The molecule has 31 heavy (non-hydrogen) atoms. The fourth-order valence-corrected chi connectivity index (χ4v) is 5.07. The fraction of sp³-hybridized carbons (Fsp3) is 0.542. The Balaban J connectivity index is 1.48. The summed E-state index contributed by atoms with van der Waals surface area (Å²) in [5, 5.41) is 19.2. The highest BCUT2D eigenvalue weighted by molar-refractivity contribution is 7.10. The van der Waals surface area contributed by atoms with Crippen LogP contribution in [0, 0.1) is 5.92 Å². The van der Waals surface area contributed by atoms with Crippen LogP contribution in [0.4, 0.5) is 0 Å². The third-order valence-electron chi connectivity index (χ3n) is 5.60. The molecule has 3 rings (SSSR count). The molecule has 7 heteroatoms. The lowest BCUT2D eigenvalue weighted by molar-refractivity contribution is 0.0331. The van der Waals surface area contributed by atoms with Crippen LogP contribution < -0.4 is 10.6 Å². The number of hydrogen-bond acceptors (Lipinski definition) is 5. The molecule has 1 fully saturated rings. The highest BCUT2D eigenvalue weighted by atomic mass is 32.1. The third kappa shape index (κ3) is 7.61. The van der Waals surface area contributed by atoms with Gasteiger partial charge in [0.2, 0.25) is 0 Å². The number of guanidine groups is 1. The van der Waals surface area contributed by atoms with Gasteiger partial charge in [0.05, 0.1) is 25.9 Å². The van der Waals surface area contributed by atoms with Gasteiger partial charge in [0.1, 0.15) is 0 Å². The summed E-state index contributed by atoms with van der Waals surface area (Å²) in [5.74, 6) is 1.28. The van der Waals surface area contributed by atoms with Crippen molar-refractivity contribution in [3.8, 4) is 0 Å². The van der Waals surface area contributed by atoms with Crippen molar-refractivity contribution in [2.75, 3.05) is 39.8 Å². The molecule has 0 aliphatic carbocycles. The lowest BCUT2D eigenvalue weighted by Crippen LogP contribution is -2.45. The molecule has 1 saturated heterocycles. The summed E-state index contributed by atoms with van der Waals surface area (Å²) in [6, 6.07) is 14.8. The second-order valence-electron chi connectivity index (χ2n) is 8.10. The molecular weight excluding hydrogens is 408 g/mol. The molecule has 2 heterocycles. The first-order valence-electron chi connectivity index (χ1n) is 11.2. The summed E-state index contributed by atoms with van der Waals surface area (Å²) in [6.07, 6.45) is 1.80. The Morgan fingerprint density at radius 3 is 2.84 bits per heavy atom. The van der Waals surface area contributed by atoms with Crippen LogP contribution in [0.3, 0.4) is 0 Å². The van der Waals surface area contributed by atoms with E-state index in [0.717, 1.165) is 31.2 Å². The van der Waals surface area contributed by atoms with Crippen molar-refractivity contribution >= 4 is 17.3 Å². The lowest BCUT2D eigenvalue weighted by atomic mass is 9.88. The first-order valence-corrected chi connectivity index (χ1v) is 12.1. The van der Waals surface area contributed by atoms with Crippen molar-refractivity contribution in [1.29, 1.82) is 0 Å². The highest BCUT2D eigenvalue weighted by Crippen LogP contribution is 2.36. The van der Waals surface area contributed by atoms with Crippen molar-refractivity contribution in [3.05, 3.63) is 58.3 Å². The Bertz CT molecular complexity index is 769. The largest absolute Gasteiger partial charge is 0.389 e. The molecule has 2 aromatic rings. The maximum atomic E-state index is 10.3. The average molecular weight is 445 g/mol. The molecular formula is C24H36N4O2S. The smallest absolute Gasteiger partial charge is 0.191 e. The van der Waals surface area contributed by atoms with E-state index in [9.17, 15) is 5.11 Å². The maximum absolute atomic E-state index is 10.3. The second kappa shape index (κ2) is 12.8. The average Bonchev–Trinajstić information content (AvgIpc) is 3.31. The van der Waals surface area contributed by atoms with Crippen LogP contribution in [0.25, 0.3) is 0 Å². The number of ether oxygens (including phenoxy) is 1. The van der Waals surface area contributed by atoms with Gasteiger partial charge in [-0.1, -0.05) is 36.4 Å². The van der Waals surface area contributed by atoms with Gasteiger partial charge in [0.25, 0.3) is 0 Å².